The molecule has 0 unspecified atom stereocenters. The van der Waals surface area contributed by atoms with Crippen molar-refractivity contribution in [1.29, 1.82) is 0 Å². The minimum atomic E-state index is -0.383. The molecular weight excluding hydrogens is 440 g/mol. The van der Waals surface area contributed by atoms with Crippen LogP contribution in [0.3, 0.4) is 0 Å². The summed E-state index contributed by atoms with van der Waals surface area (Å²) in [5.41, 5.74) is 4.12. The zero-order valence-electron chi connectivity index (χ0n) is 18.3. The average Bonchev–Trinajstić information content (AvgIpc) is 2.83. The van der Waals surface area contributed by atoms with Gasteiger partial charge in [0.15, 0.2) is 0 Å². The van der Waals surface area contributed by atoms with Gasteiger partial charge in [-0.1, -0.05) is 41.4 Å². The number of carbonyl (C=O) groups excluding carboxylic acids is 1. The maximum Gasteiger partial charge on any atom is 0.292 e. The lowest BCUT2D eigenvalue weighted by molar-refractivity contribution is -0.384. The van der Waals surface area contributed by atoms with Crippen LogP contribution in [0.25, 0.3) is 0 Å². The van der Waals surface area contributed by atoms with Crippen molar-refractivity contribution in [3.8, 4) is 0 Å². The normalized spacial score (nSPS) is 13.6. The number of hydrogen-bond acceptors (Lipinski definition) is 5. The average molecular weight is 465 g/mol. The summed E-state index contributed by atoms with van der Waals surface area (Å²) in [6.07, 6.45) is 0. The molecule has 8 heteroatoms. The molecule has 1 saturated heterocycles. The van der Waals surface area contributed by atoms with E-state index in [1.54, 1.807) is 18.2 Å². The summed E-state index contributed by atoms with van der Waals surface area (Å²) in [5, 5.41) is 15.4. The summed E-state index contributed by atoms with van der Waals surface area (Å²) in [4.78, 5) is 28.0. The predicted octanol–water partition coefficient (Wildman–Crippen LogP) is 5.13. The maximum atomic E-state index is 12.8. The van der Waals surface area contributed by atoms with E-state index in [0.717, 1.165) is 16.8 Å². The molecule has 1 N–H and O–H groups in total. The lowest BCUT2D eigenvalue weighted by atomic mass is 10.1. The fourth-order valence-corrected chi connectivity index (χ4v) is 4.08. The van der Waals surface area contributed by atoms with Crippen molar-refractivity contribution < 1.29 is 9.72 Å². The van der Waals surface area contributed by atoms with Gasteiger partial charge in [-0.05, 0) is 48.9 Å². The first kappa shape index (κ1) is 22.6. The molecule has 1 amide bonds. The highest BCUT2D eigenvalue weighted by Gasteiger charge is 2.24. The van der Waals surface area contributed by atoms with Crippen LogP contribution in [0.2, 0.25) is 5.02 Å². The number of nitro benzene ring substituents is 1. The summed E-state index contributed by atoms with van der Waals surface area (Å²) in [6.45, 7) is 4.93. The molecule has 4 rings (SSSR count). The van der Waals surface area contributed by atoms with Gasteiger partial charge >= 0.3 is 0 Å². The van der Waals surface area contributed by atoms with E-state index in [0.29, 0.717) is 49.0 Å². The van der Waals surface area contributed by atoms with Crippen molar-refractivity contribution >= 4 is 34.6 Å². The molecule has 33 heavy (non-hydrogen) atoms. The number of piperazine rings is 1. The van der Waals surface area contributed by atoms with Crippen molar-refractivity contribution in [2.24, 2.45) is 0 Å². The molecule has 1 fully saturated rings. The molecule has 7 nitrogen and oxygen atoms in total. The fraction of sp³-hybridized carbons (Fsp3) is 0.240. The topological polar surface area (TPSA) is 78.7 Å². The van der Waals surface area contributed by atoms with Gasteiger partial charge < -0.3 is 15.1 Å². The second kappa shape index (κ2) is 9.92. The zero-order valence-corrected chi connectivity index (χ0v) is 19.1. The van der Waals surface area contributed by atoms with Gasteiger partial charge in [-0.3, -0.25) is 14.9 Å². The van der Waals surface area contributed by atoms with Gasteiger partial charge in [0.1, 0.15) is 5.69 Å². The van der Waals surface area contributed by atoms with Crippen molar-refractivity contribution in [2.45, 2.75) is 13.5 Å². The highest BCUT2D eigenvalue weighted by Crippen LogP contribution is 2.31. The monoisotopic (exact) mass is 464 g/mol. The Morgan fingerprint density at radius 3 is 2.42 bits per heavy atom. The number of rotatable bonds is 6. The standard InChI is InChI=1S/C25H25ClN4O3/c1-18-3-2-4-20(15-18)25(31)29-13-11-28(12-14-29)22-9-10-24(30(32)33)23(16-22)27-17-19-5-7-21(26)8-6-19/h2-10,15-16,27H,11-14,17H2,1H3. The number of aryl methyl sites for hydroxylation is 1. The van der Waals surface area contributed by atoms with Gasteiger partial charge in [-0.2, -0.15) is 0 Å². The van der Waals surface area contributed by atoms with E-state index in [1.165, 1.54) is 6.07 Å². The molecule has 1 aliphatic rings. The first-order valence-electron chi connectivity index (χ1n) is 10.8. The molecule has 0 radical (unpaired) electrons. The number of nitro groups is 1. The Morgan fingerprint density at radius 2 is 1.76 bits per heavy atom. The molecular formula is C25H25ClN4O3. The highest BCUT2D eigenvalue weighted by atomic mass is 35.5. The molecule has 0 aliphatic carbocycles. The Morgan fingerprint density at radius 1 is 1.03 bits per heavy atom. The molecule has 3 aromatic rings. The summed E-state index contributed by atoms with van der Waals surface area (Å²) < 4.78 is 0. The SMILES string of the molecule is Cc1cccc(C(=O)N2CCN(c3ccc([N+](=O)[O-])c(NCc4ccc(Cl)cc4)c3)CC2)c1. The third kappa shape index (κ3) is 5.43. The summed E-state index contributed by atoms with van der Waals surface area (Å²) in [7, 11) is 0. The van der Waals surface area contributed by atoms with Crippen LogP contribution in [-0.4, -0.2) is 41.9 Å². The van der Waals surface area contributed by atoms with E-state index < -0.39 is 0 Å². The van der Waals surface area contributed by atoms with Gasteiger partial charge in [0.25, 0.3) is 11.6 Å². The van der Waals surface area contributed by atoms with E-state index in [4.69, 9.17) is 11.6 Å². The molecule has 0 atom stereocenters. The van der Waals surface area contributed by atoms with Crippen LogP contribution in [0.4, 0.5) is 17.1 Å². The molecule has 0 saturated carbocycles. The largest absolute Gasteiger partial charge is 0.375 e. The Balaban J connectivity index is 1.44. The van der Waals surface area contributed by atoms with Crippen molar-refractivity contribution in [1.82, 2.24) is 4.90 Å². The van der Waals surface area contributed by atoms with Gasteiger partial charge in [-0.15, -0.1) is 0 Å². The van der Waals surface area contributed by atoms with Crippen LogP contribution >= 0.6 is 11.6 Å². The molecule has 0 aromatic heterocycles. The quantitative estimate of drug-likeness (QED) is 0.404. The Labute approximate surface area is 197 Å². The van der Waals surface area contributed by atoms with Crippen LogP contribution in [-0.2, 0) is 6.54 Å². The van der Waals surface area contributed by atoms with Crippen LogP contribution < -0.4 is 10.2 Å². The first-order valence-corrected chi connectivity index (χ1v) is 11.2. The van der Waals surface area contributed by atoms with Crippen molar-refractivity contribution in [3.05, 3.63) is 98.6 Å². The zero-order chi connectivity index (χ0) is 23.4. The van der Waals surface area contributed by atoms with Gasteiger partial charge in [-0.25, -0.2) is 0 Å². The minimum Gasteiger partial charge on any atom is -0.375 e. The fourth-order valence-electron chi connectivity index (χ4n) is 3.95. The molecule has 3 aromatic carbocycles. The Hall–Kier alpha value is -3.58. The third-order valence-electron chi connectivity index (χ3n) is 5.77. The number of carbonyl (C=O) groups is 1. The van der Waals surface area contributed by atoms with Crippen LogP contribution in [0.5, 0.6) is 0 Å². The Bertz CT molecular complexity index is 1160. The summed E-state index contributed by atoms with van der Waals surface area (Å²) in [6, 6.07) is 20.1. The molecule has 0 bridgehead atoms. The number of halogens is 1. The lowest BCUT2D eigenvalue weighted by Crippen LogP contribution is -2.48. The molecule has 0 spiro atoms. The first-order chi connectivity index (χ1) is 15.9. The maximum absolute atomic E-state index is 12.8. The molecule has 1 heterocycles. The number of nitrogens with zero attached hydrogens (tertiary/aromatic N) is 3. The van der Waals surface area contributed by atoms with Crippen molar-refractivity contribution in [2.75, 3.05) is 36.4 Å². The lowest BCUT2D eigenvalue weighted by Gasteiger charge is -2.36. The van der Waals surface area contributed by atoms with E-state index in [9.17, 15) is 14.9 Å². The van der Waals surface area contributed by atoms with E-state index >= 15 is 0 Å². The van der Waals surface area contributed by atoms with Crippen LogP contribution in [0, 0.1) is 17.0 Å². The van der Waals surface area contributed by atoms with Crippen LogP contribution in [0.1, 0.15) is 21.5 Å². The van der Waals surface area contributed by atoms with E-state index in [1.807, 2.05) is 54.3 Å². The second-order valence-electron chi connectivity index (χ2n) is 8.09. The van der Waals surface area contributed by atoms with Crippen molar-refractivity contribution in [3.63, 3.8) is 0 Å². The van der Waals surface area contributed by atoms with Gasteiger partial charge in [0.2, 0.25) is 0 Å². The number of amides is 1. The molecule has 1 aliphatic heterocycles. The van der Waals surface area contributed by atoms with E-state index in [-0.39, 0.29) is 16.5 Å². The molecule has 170 valence electrons. The number of nitrogens with one attached hydrogen (secondary N) is 1. The number of benzene rings is 3. The highest BCUT2D eigenvalue weighted by molar-refractivity contribution is 6.30. The Kier molecular flexibility index (Phi) is 6.79. The number of anilines is 2. The minimum absolute atomic E-state index is 0.0287. The summed E-state index contributed by atoms with van der Waals surface area (Å²) in [5.74, 6) is 0.0346. The third-order valence-corrected chi connectivity index (χ3v) is 6.02. The van der Waals surface area contributed by atoms with Crippen LogP contribution in [0.15, 0.2) is 66.7 Å². The summed E-state index contributed by atoms with van der Waals surface area (Å²) >= 11 is 5.93. The smallest absolute Gasteiger partial charge is 0.292 e. The second-order valence-corrected chi connectivity index (χ2v) is 8.52. The van der Waals surface area contributed by atoms with Gasteiger partial charge in [0.05, 0.1) is 4.92 Å². The predicted molar refractivity (Wildman–Crippen MR) is 131 cm³/mol. The number of hydrogen-bond donors (Lipinski definition) is 1. The van der Waals surface area contributed by atoms with E-state index in [2.05, 4.69) is 10.2 Å². The van der Waals surface area contributed by atoms with Gasteiger partial charge in [0, 0.05) is 55.1 Å².